The molecule has 1 heterocycles. The summed E-state index contributed by atoms with van der Waals surface area (Å²) < 4.78 is 28.2. The Morgan fingerprint density at radius 3 is 2.45 bits per heavy atom. The van der Waals surface area contributed by atoms with Crippen LogP contribution in [0.15, 0.2) is 66.7 Å². The van der Waals surface area contributed by atoms with Crippen molar-refractivity contribution in [3.8, 4) is 11.4 Å². The zero-order valence-corrected chi connectivity index (χ0v) is 16.3. The zero-order chi connectivity index (χ0) is 22.1. The Hall–Kier alpha value is -4.14. The molecule has 0 atom stereocenters. The summed E-state index contributed by atoms with van der Waals surface area (Å²) in [5, 5.41) is 13.6. The number of nitrogens with one attached hydrogen (secondary N) is 1. The number of alkyl halides is 2. The molecular weight excluding hydrogens is 406 g/mol. The van der Waals surface area contributed by atoms with Gasteiger partial charge in [-0.25, -0.2) is 4.98 Å². The maximum atomic E-state index is 13.7. The topological polar surface area (TPSA) is 90.1 Å². The van der Waals surface area contributed by atoms with E-state index < -0.39 is 17.4 Å². The standard InChI is InChI=1S/C22H16F2N4O3/c1-13-12-15(8-11-18(13)28(30)31)21(29)25-16-9-6-14(7-10-16)20-26-17-4-2-3-5-19(17)27(20)22(23)24/h2-12,22H,1H3,(H,25,29). The maximum absolute atomic E-state index is 13.7. The third-order valence-electron chi connectivity index (χ3n) is 4.85. The summed E-state index contributed by atoms with van der Waals surface area (Å²) in [5.41, 5.74) is 2.29. The number of aryl methyl sites for hydroxylation is 1. The van der Waals surface area contributed by atoms with Crippen molar-refractivity contribution >= 4 is 28.3 Å². The number of amides is 1. The summed E-state index contributed by atoms with van der Waals surface area (Å²) in [7, 11) is 0. The van der Waals surface area contributed by atoms with Gasteiger partial charge >= 0.3 is 6.55 Å². The van der Waals surface area contributed by atoms with Gasteiger partial charge in [0.1, 0.15) is 5.82 Å². The predicted molar refractivity (Wildman–Crippen MR) is 112 cm³/mol. The largest absolute Gasteiger partial charge is 0.322 e. The fourth-order valence-corrected chi connectivity index (χ4v) is 3.35. The molecule has 156 valence electrons. The first-order valence-electron chi connectivity index (χ1n) is 9.27. The molecule has 1 aromatic heterocycles. The highest BCUT2D eigenvalue weighted by Gasteiger charge is 2.19. The van der Waals surface area contributed by atoms with Crippen LogP contribution < -0.4 is 5.32 Å². The number of carbonyl (C=O) groups excluding carboxylic acids is 1. The van der Waals surface area contributed by atoms with Crippen molar-refractivity contribution in [3.05, 3.63) is 88.0 Å². The van der Waals surface area contributed by atoms with Gasteiger partial charge < -0.3 is 5.32 Å². The van der Waals surface area contributed by atoms with Crippen LogP contribution in [-0.2, 0) is 0 Å². The van der Waals surface area contributed by atoms with Crippen molar-refractivity contribution in [3.63, 3.8) is 0 Å². The molecule has 3 aromatic carbocycles. The number of carbonyl (C=O) groups is 1. The van der Waals surface area contributed by atoms with E-state index in [1.807, 2.05) is 0 Å². The highest BCUT2D eigenvalue weighted by atomic mass is 19.3. The molecule has 0 radical (unpaired) electrons. The van der Waals surface area contributed by atoms with E-state index in [1.54, 1.807) is 55.5 Å². The number of hydrogen-bond donors (Lipinski definition) is 1. The van der Waals surface area contributed by atoms with Gasteiger partial charge in [-0.2, -0.15) is 8.78 Å². The molecule has 0 fully saturated rings. The average molecular weight is 422 g/mol. The molecule has 0 spiro atoms. The molecular formula is C22H16F2N4O3. The first-order chi connectivity index (χ1) is 14.8. The molecule has 31 heavy (non-hydrogen) atoms. The molecule has 7 nitrogen and oxygen atoms in total. The average Bonchev–Trinajstić information content (AvgIpc) is 3.13. The van der Waals surface area contributed by atoms with Crippen molar-refractivity contribution in [2.75, 3.05) is 5.32 Å². The number of rotatable bonds is 5. The molecule has 1 amide bonds. The third-order valence-corrected chi connectivity index (χ3v) is 4.85. The summed E-state index contributed by atoms with van der Waals surface area (Å²) in [5.74, 6) is -0.314. The number of benzene rings is 3. The number of fused-ring (bicyclic) bond motifs is 1. The lowest BCUT2D eigenvalue weighted by Gasteiger charge is -2.09. The highest BCUT2D eigenvalue weighted by Crippen LogP contribution is 2.30. The van der Waals surface area contributed by atoms with Crippen LogP contribution in [0.25, 0.3) is 22.4 Å². The van der Waals surface area contributed by atoms with Gasteiger partial charge in [-0.15, -0.1) is 0 Å². The minimum atomic E-state index is -2.76. The van der Waals surface area contributed by atoms with Gasteiger partial charge in [-0.05, 0) is 55.5 Å². The summed E-state index contributed by atoms with van der Waals surface area (Å²) in [6.45, 7) is -1.20. The molecule has 4 aromatic rings. The van der Waals surface area contributed by atoms with Gasteiger partial charge in [-0.1, -0.05) is 12.1 Å². The van der Waals surface area contributed by atoms with E-state index in [9.17, 15) is 23.7 Å². The second-order valence-corrected chi connectivity index (χ2v) is 6.86. The first kappa shape index (κ1) is 20.1. The van der Waals surface area contributed by atoms with Crippen molar-refractivity contribution in [1.82, 2.24) is 9.55 Å². The fraction of sp³-hybridized carbons (Fsp3) is 0.0909. The van der Waals surface area contributed by atoms with Crippen LogP contribution in [0.1, 0.15) is 22.5 Å². The minimum absolute atomic E-state index is 0.0668. The second-order valence-electron chi connectivity index (χ2n) is 6.86. The normalized spacial score (nSPS) is 11.1. The van der Waals surface area contributed by atoms with Gasteiger partial charge in [0.15, 0.2) is 0 Å². The number of halogens is 2. The van der Waals surface area contributed by atoms with Crippen molar-refractivity contribution in [1.29, 1.82) is 0 Å². The SMILES string of the molecule is Cc1cc(C(=O)Nc2ccc(-c3nc4ccccc4n3C(F)F)cc2)ccc1[N+](=O)[O-]. The van der Waals surface area contributed by atoms with Crippen LogP contribution >= 0.6 is 0 Å². The predicted octanol–water partition coefficient (Wildman–Crippen LogP) is 5.57. The number of nitrogens with zero attached hydrogens (tertiary/aromatic N) is 3. The number of aromatic nitrogens is 2. The molecule has 4 rings (SSSR count). The molecule has 0 saturated carbocycles. The van der Waals surface area contributed by atoms with Crippen LogP contribution in [0.3, 0.4) is 0 Å². The zero-order valence-electron chi connectivity index (χ0n) is 16.3. The Morgan fingerprint density at radius 2 is 1.81 bits per heavy atom. The lowest BCUT2D eigenvalue weighted by atomic mass is 10.1. The van der Waals surface area contributed by atoms with Crippen molar-refractivity contribution < 1.29 is 18.5 Å². The molecule has 0 saturated heterocycles. The van der Waals surface area contributed by atoms with Crippen molar-refractivity contribution in [2.45, 2.75) is 13.5 Å². The van der Waals surface area contributed by atoms with E-state index in [4.69, 9.17) is 0 Å². The number of anilines is 1. The van der Waals surface area contributed by atoms with E-state index in [-0.39, 0.29) is 17.1 Å². The molecule has 0 aliphatic carbocycles. The van der Waals surface area contributed by atoms with Crippen LogP contribution in [-0.4, -0.2) is 20.4 Å². The Balaban J connectivity index is 1.59. The quantitative estimate of drug-likeness (QED) is 0.336. The minimum Gasteiger partial charge on any atom is -0.322 e. The molecule has 9 heteroatoms. The number of para-hydroxylation sites is 2. The molecule has 0 bridgehead atoms. The molecule has 0 unspecified atom stereocenters. The highest BCUT2D eigenvalue weighted by molar-refractivity contribution is 6.04. The lowest BCUT2D eigenvalue weighted by molar-refractivity contribution is -0.385. The van der Waals surface area contributed by atoms with E-state index in [2.05, 4.69) is 10.3 Å². The van der Waals surface area contributed by atoms with Gasteiger partial charge in [-0.3, -0.25) is 19.5 Å². The first-order valence-corrected chi connectivity index (χ1v) is 9.27. The van der Waals surface area contributed by atoms with E-state index in [1.165, 1.54) is 18.2 Å². The van der Waals surface area contributed by atoms with E-state index in [0.717, 1.165) is 4.57 Å². The summed E-state index contributed by atoms with van der Waals surface area (Å²) >= 11 is 0. The monoisotopic (exact) mass is 422 g/mol. The number of nitro benzene ring substituents is 1. The Labute approximate surface area is 175 Å². The van der Waals surface area contributed by atoms with Gasteiger partial charge in [0.2, 0.25) is 0 Å². The van der Waals surface area contributed by atoms with Gasteiger partial charge in [0, 0.05) is 28.4 Å². The van der Waals surface area contributed by atoms with Crippen LogP contribution in [0.2, 0.25) is 0 Å². The van der Waals surface area contributed by atoms with Gasteiger partial charge in [0.25, 0.3) is 11.6 Å². The maximum Gasteiger partial charge on any atom is 0.320 e. The van der Waals surface area contributed by atoms with E-state index >= 15 is 0 Å². The lowest BCUT2D eigenvalue weighted by Crippen LogP contribution is -2.12. The Bertz CT molecular complexity index is 1300. The molecule has 0 aliphatic rings. The van der Waals surface area contributed by atoms with Gasteiger partial charge in [0.05, 0.1) is 16.0 Å². The molecule has 0 aliphatic heterocycles. The van der Waals surface area contributed by atoms with Crippen LogP contribution in [0.5, 0.6) is 0 Å². The summed E-state index contributed by atoms with van der Waals surface area (Å²) in [4.78, 5) is 27.2. The van der Waals surface area contributed by atoms with Crippen LogP contribution in [0.4, 0.5) is 20.2 Å². The fourth-order valence-electron chi connectivity index (χ4n) is 3.35. The third kappa shape index (κ3) is 3.85. The second kappa shape index (κ2) is 7.94. The molecule has 1 N–H and O–H groups in total. The number of nitro groups is 1. The number of hydrogen-bond acceptors (Lipinski definition) is 4. The van der Waals surface area contributed by atoms with Crippen LogP contribution in [0, 0.1) is 17.0 Å². The summed E-state index contributed by atoms with van der Waals surface area (Å²) in [6, 6.07) is 17.1. The Kier molecular flexibility index (Phi) is 5.16. The van der Waals surface area contributed by atoms with Crippen molar-refractivity contribution in [2.24, 2.45) is 0 Å². The smallest absolute Gasteiger partial charge is 0.320 e. The Morgan fingerprint density at radius 1 is 1.10 bits per heavy atom. The summed E-state index contributed by atoms with van der Waals surface area (Å²) in [6.07, 6.45) is 0. The number of imidazole rings is 1. The van der Waals surface area contributed by atoms with E-state index in [0.29, 0.717) is 27.8 Å².